The molecule has 1 unspecified atom stereocenters. The van der Waals surface area contributed by atoms with Gasteiger partial charge in [0.15, 0.2) is 0 Å². The van der Waals surface area contributed by atoms with Crippen LogP contribution in [0, 0.1) is 5.92 Å². The van der Waals surface area contributed by atoms with Crippen LogP contribution in [0.1, 0.15) is 60.5 Å². The van der Waals surface area contributed by atoms with Crippen molar-refractivity contribution in [2.75, 3.05) is 0 Å². The molecule has 4 heteroatoms. The van der Waals surface area contributed by atoms with Gasteiger partial charge < -0.3 is 14.2 Å². The highest BCUT2D eigenvalue weighted by atomic mass is 16.7. The lowest BCUT2D eigenvalue weighted by atomic mass is 9.83. The Morgan fingerprint density at radius 3 is 2.56 bits per heavy atom. The Balaban J connectivity index is 1.52. The molecule has 2 aliphatic rings. The van der Waals surface area contributed by atoms with Gasteiger partial charge in [0.1, 0.15) is 23.7 Å². The largest absolute Gasteiger partial charge is 0.487 e. The standard InChI is InChI=1S/C28H28O4/c1-3-19-13-15-20(16-14-19)18-30-26-23-12-8-7-9-21(23)17-24-25(26)27(29)32-28(2,31-24)22-10-5-4-6-11-22/h3,7-9,12-17,22H,1,4-6,10-11,18H2,2H3. The molecular weight excluding hydrogens is 400 g/mol. The minimum absolute atomic E-state index is 0.201. The van der Waals surface area contributed by atoms with Crippen molar-refractivity contribution in [2.24, 2.45) is 5.92 Å². The smallest absolute Gasteiger partial charge is 0.349 e. The van der Waals surface area contributed by atoms with Gasteiger partial charge in [-0.2, -0.15) is 0 Å². The van der Waals surface area contributed by atoms with Gasteiger partial charge in [-0.15, -0.1) is 0 Å². The van der Waals surface area contributed by atoms with Crippen LogP contribution in [0.25, 0.3) is 16.8 Å². The molecule has 0 aromatic heterocycles. The van der Waals surface area contributed by atoms with Gasteiger partial charge >= 0.3 is 5.97 Å². The second-order valence-electron chi connectivity index (χ2n) is 8.88. The van der Waals surface area contributed by atoms with E-state index in [1.807, 2.05) is 67.6 Å². The summed E-state index contributed by atoms with van der Waals surface area (Å²) < 4.78 is 18.6. The number of cyclic esters (lactones) is 1. The molecule has 0 amide bonds. The van der Waals surface area contributed by atoms with Gasteiger partial charge in [0.25, 0.3) is 5.79 Å². The second kappa shape index (κ2) is 8.34. The second-order valence-corrected chi connectivity index (χ2v) is 8.88. The van der Waals surface area contributed by atoms with E-state index in [1.54, 1.807) is 0 Å². The number of carbonyl (C=O) groups excluding carboxylic acids is 1. The van der Waals surface area contributed by atoms with E-state index >= 15 is 0 Å². The summed E-state index contributed by atoms with van der Waals surface area (Å²) >= 11 is 0. The normalized spacial score (nSPS) is 20.8. The first-order valence-corrected chi connectivity index (χ1v) is 11.4. The van der Waals surface area contributed by atoms with Crippen molar-refractivity contribution < 1.29 is 19.0 Å². The van der Waals surface area contributed by atoms with E-state index in [1.165, 1.54) is 6.42 Å². The third kappa shape index (κ3) is 3.75. The molecule has 1 atom stereocenters. The lowest BCUT2D eigenvalue weighted by molar-refractivity contribution is -0.183. The average molecular weight is 429 g/mol. The van der Waals surface area contributed by atoms with E-state index in [2.05, 4.69) is 6.58 Å². The molecule has 32 heavy (non-hydrogen) atoms. The van der Waals surface area contributed by atoms with Gasteiger partial charge in [-0.3, -0.25) is 0 Å². The van der Waals surface area contributed by atoms with Crippen LogP contribution >= 0.6 is 0 Å². The predicted molar refractivity (Wildman–Crippen MR) is 126 cm³/mol. The predicted octanol–water partition coefficient (Wildman–Crippen LogP) is 6.91. The molecule has 0 saturated heterocycles. The molecule has 1 fully saturated rings. The number of rotatable bonds is 5. The van der Waals surface area contributed by atoms with Gasteiger partial charge in [0, 0.05) is 18.2 Å². The average Bonchev–Trinajstić information content (AvgIpc) is 2.82. The summed E-state index contributed by atoms with van der Waals surface area (Å²) in [6.45, 7) is 6.04. The Hall–Kier alpha value is -3.27. The molecule has 0 N–H and O–H groups in total. The Labute approximate surface area is 188 Å². The fourth-order valence-electron chi connectivity index (χ4n) is 4.89. The summed E-state index contributed by atoms with van der Waals surface area (Å²) in [4.78, 5) is 13.3. The molecule has 5 rings (SSSR count). The molecule has 4 nitrogen and oxygen atoms in total. The van der Waals surface area contributed by atoms with Gasteiger partial charge in [0.2, 0.25) is 0 Å². The van der Waals surface area contributed by atoms with Crippen molar-refractivity contribution in [1.82, 2.24) is 0 Å². The van der Waals surface area contributed by atoms with E-state index < -0.39 is 5.79 Å². The maximum absolute atomic E-state index is 13.3. The third-order valence-corrected chi connectivity index (χ3v) is 6.72. The topological polar surface area (TPSA) is 44.8 Å². The summed E-state index contributed by atoms with van der Waals surface area (Å²) in [5, 5.41) is 1.85. The van der Waals surface area contributed by atoms with Crippen molar-refractivity contribution in [3.8, 4) is 11.5 Å². The van der Waals surface area contributed by atoms with E-state index in [0.717, 1.165) is 47.6 Å². The first-order valence-electron chi connectivity index (χ1n) is 11.4. The zero-order valence-corrected chi connectivity index (χ0v) is 18.4. The quantitative estimate of drug-likeness (QED) is 0.414. The van der Waals surface area contributed by atoms with Crippen molar-refractivity contribution in [1.29, 1.82) is 0 Å². The Kier molecular flexibility index (Phi) is 5.38. The summed E-state index contributed by atoms with van der Waals surface area (Å²) in [6, 6.07) is 17.9. The van der Waals surface area contributed by atoms with E-state index in [9.17, 15) is 4.79 Å². The number of ether oxygens (including phenoxy) is 3. The molecule has 3 aromatic rings. The summed E-state index contributed by atoms with van der Waals surface area (Å²) in [5.74, 6) is -0.0497. The fraction of sp³-hybridized carbons (Fsp3) is 0.321. The van der Waals surface area contributed by atoms with Crippen molar-refractivity contribution in [3.05, 3.63) is 77.9 Å². The number of hydrogen-bond acceptors (Lipinski definition) is 4. The van der Waals surface area contributed by atoms with Crippen LogP contribution in [0.4, 0.5) is 0 Å². The van der Waals surface area contributed by atoms with Crippen LogP contribution in [0.2, 0.25) is 0 Å². The Morgan fingerprint density at radius 1 is 1.06 bits per heavy atom. The van der Waals surface area contributed by atoms with Crippen LogP contribution in [0.15, 0.2) is 61.2 Å². The lowest BCUT2D eigenvalue weighted by Gasteiger charge is -2.42. The minimum atomic E-state index is -0.940. The zero-order chi connectivity index (χ0) is 22.1. The number of carbonyl (C=O) groups is 1. The molecule has 3 aromatic carbocycles. The molecule has 0 spiro atoms. The van der Waals surface area contributed by atoms with Crippen molar-refractivity contribution >= 4 is 22.8 Å². The highest BCUT2D eigenvalue weighted by Crippen LogP contribution is 2.46. The highest BCUT2D eigenvalue weighted by molar-refractivity contribution is 6.05. The zero-order valence-electron chi connectivity index (χ0n) is 18.4. The molecule has 1 aliphatic carbocycles. The number of esters is 1. The molecule has 0 bridgehead atoms. The summed E-state index contributed by atoms with van der Waals surface area (Å²) in [6.07, 6.45) is 7.35. The number of benzene rings is 3. The minimum Gasteiger partial charge on any atom is -0.487 e. The fourth-order valence-corrected chi connectivity index (χ4v) is 4.89. The van der Waals surface area contributed by atoms with E-state index in [4.69, 9.17) is 14.2 Å². The monoisotopic (exact) mass is 428 g/mol. The molecule has 1 aliphatic heterocycles. The molecule has 1 saturated carbocycles. The van der Waals surface area contributed by atoms with Crippen LogP contribution in [-0.4, -0.2) is 11.8 Å². The van der Waals surface area contributed by atoms with Gasteiger partial charge in [-0.1, -0.05) is 80.4 Å². The molecule has 1 heterocycles. The van der Waals surface area contributed by atoms with E-state index in [0.29, 0.717) is 23.7 Å². The number of hydrogen-bond donors (Lipinski definition) is 0. The summed E-state index contributed by atoms with van der Waals surface area (Å²) in [5.41, 5.74) is 2.43. The first-order chi connectivity index (χ1) is 15.6. The maximum Gasteiger partial charge on any atom is 0.349 e. The van der Waals surface area contributed by atoms with Crippen LogP contribution in [0.5, 0.6) is 11.5 Å². The number of fused-ring (bicyclic) bond motifs is 2. The highest BCUT2D eigenvalue weighted by Gasteiger charge is 2.46. The van der Waals surface area contributed by atoms with Crippen molar-refractivity contribution in [3.63, 3.8) is 0 Å². The molecular formula is C28H28O4. The lowest BCUT2D eigenvalue weighted by Crippen LogP contribution is -2.48. The SMILES string of the molecule is C=Cc1ccc(COc2c3c(cc4ccccc24)OC(C)(C2CCCCC2)OC3=O)cc1. The third-order valence-electron chi connectivity index (χ3n) is 6.72. The van der Waals surface area contributed by atoms with Crippen LogP contribution in [-0.2, 0) is 11.3 Å². The Morgan fingerprint density at radius 2 is 1.81 bits per heavy atom. The van der Waals surface area contributed by atoms with Gasteiger partial charge in [-0.25, -0.2) is 4.79 Å². The maximum atomic E-state index is 13.3. The molecule has 164 valence electrons. The van der Waals surface area contributed by atoms with Crippen molar-refractivity contribution in [2.45, 2.75) is 51.4 Å². The van der Waals surface area contributed by atoms with Gasteiger partial charge in [-0.05, 0) is 35.4 Å². The first kappa shape index (κ1) is 20.6. The molecule has 0 radical (unpaired) electrons. The van der Waals surface area contributed by atoms with Crippen LogP contribution < -0.4 is 9.47 Å². The van der Waals surface area contributed by atoms with E-state index in [-0.39, 0.29) is 11.9 Å². The summed E-state index contributed by atoms with van der Waals surface area (Å²) in [7, 11) is 0. The van der Waals surface area contributed by atoms with Crippen LogP contribution in [0.3, 0.4) is 0 Å². The van der Waals surface area contributed by atoms with Gasteiger partial charge in [0.05, 0.1) is 0 Å². The Bertz CT molecular complexity index is 1160.